The molecule has 0 unspecified atom stereocenters. The average molecular weight is 226 g/mol. The van der Waals surface area contributed by atoms with Crippen LogP contribution in [0.5, 0.6) is 0 Å². The Morgan fingerprint density at radius 2 is 2.07 bits per heavy atom. The molecule has 0 aliphatic heterocycles. The Labute approximate surface area is 87.8 Å². The van der Waals surface area contributed by atoms with Gasteiger partial charge in [-0.3, -0.25) is 0 Å². The minimum Gasteiger partial charge on any atom is -0.478 e. The molecule has 15 heavy (non-hydrogen) atoms. The highest BCUT2D eigenvalue weighted by Crippen LogP contribution is 2.13. The summed E-state index contributed by atoms with van der Waals surface area (Å²) in [5.41, 5.74) is 0.805. The highest BCUT2D eigenvalue weighted by molar-refractivity contribution is 7.94. The van der Waals surface area contributed by atoms with Gasteiger partial charge in [0.25, 0.3) is 0 Å². The van der Waals surface area contributed by atoms with E-state index >= 15 is 0 Å². The maximum Gasteiger partial charge on any atom is 0.329 e. The Morgan fingerprint density at radius 1 is 1.40 bits per heavy atom. The number of carboxylic acids is 1. The Balaban J connectivity index is 3.12. The number of rotatable bonds is 3. The normalized spacial score (nSPS) is 11.8. The fourth-order valence-electron chi connectivity index (χ4n) is 1.02. The lowest BCUT2D eigenvalue weighted by molar-refractivity contribution is -0.131. The van der Waals surface area contributed by atoms with Crippen LogP contribution >= 0.6 is 0 Å². The summed E-state index contributed by atoms with van der Waals surface area (Å²) in [5, 5.41) is 9.01. The van der Waals surface area contributed by atoms with Crippen molar-refractivity contribution in [2.45, 2.75) is 11.8 Å². The first-order valence-electron chi connectivity index (χ1n) is 4.14. The van der Waals surface area contributed by atoms with Crippen molar-refractivity contribution in [3.05, 3.63) is 41.3 Å². The molecule has 0 atom stereocenters. The third-order valence-corrected chi connectivity index (χ3v) is 3.11. The van der Waals surface area contributed by atoms with E-state index < -0.39 is 15.8 Å². The minimum atomic E-state index is -3.64. The van der Waals surface area contributed by atoms with Crippen molar-refractivity contribution < 1.29 is 18.3 Å². The molecule has 0 saturated heterocycles. The van der Waals surface area contributed by atoms with Gasteiger partial charge >= 0.3 is 5.97 Å². The number of carboxylic acid groups (broad SMARTS) is 1. The van der Waals surface area contributed by atoms with Gasteiger partial charge in [0.2, 0.25) is 0 Å². The Bertz CT molecular complexity index is 500. The molecule has 80 valence electrons. The first-order chi connectivity index (χ1) is 6.92. The van der Waals surface area contributed by atoms with Crippen molar-refractivity contribution >= 4 is 15.8 Å². The van der Waals surface area contributed by atoms with Crippen LogP contribution in [0, 0.1) is 6.92 Å². The monoisotopic (exact) mass is 226 g/mol. The van der Waals surface area contributed by atoms with E-state index in [4.69, 9.17) is 5.11 Å². The number of aliphatic carboxylic acids is 1. The summed E-state index contributed by atoms with van der Waals surface area (Å²) in [6.07, 6.45) is 0.609. The molecule has 4 nitrogen and oxygen atoms in total. The Hall–Kier alpha value is -1.62. The molecule has 0 spiro atoms. The predicted octanol–water partition coefficient (Wildman–Crippen LogP) is 1.37. The average Bonchev–Trinajstić information content (AvgIpc) is 2.15. The lowest BCUT2D eigenvalue weighted by Crippen LogP contribution is -1.98. The third kappa shape index (κ3) is 3.21. The van der Waals surface area contributed by atoms with Crippen LogP contribution in [0.4, 0.5) is 0 Å². The van der Waals surface area contributed by atoms with Crippen molar-refractivity contribution in [3.63, 3.8) is 0 Å². The number of aryl methyl sites for hydroxylation is 1. The van der Waals surface area contributed by atoms with Crippen molar-refractivity contribution in [3.8, 4) is 0 Å². The van der Waals surface area contributed by atoms with Gasteiger partial charge in [0.05, 0.1) is 4.90 Å². The molecule has 1 rings (SSSR count). The fourth-order valence-corrected chi connectivity index (χ4v) is 2.09. The van der Waals surface area contributed by atoms with E-state index in [2.05, 4.69) is 0 Å². The SMILES string of the molecule is Cc1cccc(S(=O)(=O)/C=C/C(=O)O)c1. The van der Waals surface area contributed by atoms with Crippen LogP contribution in [-0.2, 0) is 14.6 Å². The van der Waals surface area contributed by atoms with Gasteiger partial charge in [-0.15, -0.1) is 0 Å². The number of carbonyl (C=O) groups is 1. The summed E-state index contributed by atoms with van der Waals surface area (Å²) in [4.78, 5) is 10.3. The number of hydrogen-bond acceptors (Lipinski definition) is 3. The molecular formula is C10H10O4S. The largest absolute Gasteiger partial charge is 0.478 e. The highest BCUT2D eigenvalue weighted by atomic mass is 32.2. The van der Waals surface area contributed by atoms with Crippen molar-refractivity contribution in [1.82, 2.24) is 0 Å². The summed E-state index contributed by atoms with van der Waals surface area (Å²) < 4.78 is 23.1. The first-order valence-corrected chi connectivity index (χ1v) is 5.69. The zero-order valence-corrected chi connectivity index (χ0v) is 8.86. The second-order valence-corrected chi connectivity index (χ2v) is 4.84. The van der Waals surface area contributed by atoms with Crippen LogP contribution in [0.3, 0.4) is 0 Å². The Morgan fingerprint density at radius 3 is 2.60 bits per heavy atom. The summed E-state index contributed by atoms with van der Waals surface area (Å²) in [5.74, 6) is -1.29. The lowest BCUT2D eigenvalue weighted by Gasteiger charge is -1.99. The molecule has 0 bridgehead atoms. The van der Waals surface area contributed by atoms with Gasteiger partial charge in [0.15, 0.2) is 9.84 Å². The van der Waals surface area contributed by atoms with Crippen molar-refractivity contribution in [2.24, 2.45) is 0 Å². The molecule has 0 radical (unpaired) electrons. The maximum atomic E-state index is 11.5. The molecule has 1 N–H and O–H groups in total. The fraction of sp³-hybridized carbons (Fsp3) is 0.100. The van der Waals surface area contributed by atoms with Crippen LogP contribution in [0.15, 0.2) is 40.6 Å². The van der Waals surface area contributed by atoms with E-state index in [0.717, 1.165) is 5.56 Å². The summed E-state index contributed by atoms with van der Waals surface area (Å²) in [6.45, 7) is 1.76. The van der Waals surface area contributed by atoms with Crippen LogP contribution < -0.4 is 0 Å². The molecule has 1 aromatic rings. The second-order valence-electron chi connectivity index (χ2n) is 3.00. The van der Waals surface area contributed by atoms with Gasteiger partial charge in [-0.2, -0.15) is 0 Å². The highest BCUT2D eigenvalue weighted by Gasteiger charge is 2.10. The van der Waals surface area contributed by atoms with Crippen LogP contribution in [-0.4, -0.2) is 19.5 Å². The van der Waals surface area contributed by atoms with Gasteiger partial charge in [0, 0.05) is 11.5 Å². The van der Waals surface area contributed by atoms with E-state index in [9.17, 15) is 13.2 Å². The predicted molar refractivity (Wildman–Crippen MR) is 55.1 cm³/mol. The van der Waals surface area contributed by atoms with Gasteiger partial charge in [-0.25, -0.2) is 13.2 Å². The topological polar surface area (TPSA) is 71.4 Å². The van der Waals surface area contributed by atoms with Gasteiger partial charge in [0.1, 0.15) is 0 Å². The summed E-state index contributed by atoms with van der Waals surface area (Å²) in [6, 6.07) is 6.28. The molecule has 0 aromatic heterocycles. The zero-order chi connectivity index (χ0) is 11.5. The van der Waals surface area contributed by atoms with Crippen LogP contribution in [0.2, 0.25) is 0 Å². The summed E-state index contributed by atoms with van der Waals surface area (Å²) >= 11 is 0. The van der Waals surface area contributed by atoms with Gasteiger partial charge in [-0.05, 0) is 24.6 Å². The van der Waals surface area contributed by atoms with E-state index in [0.29, 0.717) is 11.5 Å². The molecule has 0 heterocycles. The van der Waals surface area contributed by atoms with E-state index in [1.54, 1.807) is 19.1 Å². The quantitative estimate of drug-likeness (QED) is 0.790. The molecular weight excluding hydrogens is 216 g/mol. The number of sulfone groups is 1. The molecule has 0 aliphatic rings. The Kier molecular flexibility index (Phi) is 3.26. The van der Waals surface area contributed by atoms with E-state index in [-0.39, 0.29) is 4.90 Å². The molecule has 0 fully saturated rings. The van der Waals surface area contributed by atoms with Crippen LogP contribution in [0.25, 0.3) is 0 Å². The molecule has 0 amide bonds. The van der Waals surface area contributed by atoms with E-state index in [1.165, 1.54) is 12.1 Å². The van der Waals surface area contributed by atoms with Gasteiger partial charge < -0.3 is 5.11 Å². The first kappa shape index (κ1) is 11.5. The molecule has 1 aromatic carbocycles. The van der Waals surface area contributed by atoms with E-state index in [1.807, 2.05) is 0 Å². The van der Waals surface area contributed by atoms with Crippen LogP contribution in [0.1, 0.15) is 5.56 Å². The standard InChI is InChI=1S/C10H10O4S/c1-8-3-2-4-9(7-8)15(13,14)6-5-10(11)12/h2-7H,1H3,(H,11,12)/b6-5+. The smallest absolute Gasteiger partial charge is 0.329 e. The molecule has 0 saturated carbocycles. The molecule has 0 aliphatic carbocycles. The third-order valence-electron chi connectivity index (χ3n) is 1.71. The lowest BCUT2D eigenvalue weighted by atomic mass is 10.2. The maximum absolute atomic E-state index is 11.5. The zero-order valence-electron chi connectivity index (χ0n) is 8.04. The molecule has 5 heteroatoms. The van der Waals surface area contributed by atoms with Crippen molar-refractivity contribution in [2.75, 3.05) is 0 Å². The number of hydrogen-bond donors (Lipinski definition) is 1. The second kappa shape index (κ2) is 4.27. The minimum absolute atomic E-state index is 0.0972. The van der Waals surface area contributed by atoms with Gasteiger partial charge in [-0.1, -0.05) is 12.1 Å². The number of benzene rings is 1. The summed E-state index contributed by atoms with van der Waals surface area (Å²) in [7, 11) is -3.64. The van der Waals surface area contributed by atoms with Crippen molar-refractivity contribution in [1.29, 1.82) is 0 Å².